The molecule has 7 heterocycles. The summed E-state index contributed by atoms with van der Waals surface area (Å²) in [5.41, 5.74) is 8.45. The summed E-state index contributed by atoms with van der Waals surface area (Å²) in [4.78, 5) is 119. The molecule has 2 saturated heterocycles. The number of fused-ring (bicyclic) bond motifs is 15. The molecule has 7 aliphatic rings. The number of halogens is 1. The highest BCUT2D eigenvalue weighted by atomic mass is 35.5. The number of ether oxygens (including phenoxy) is 7. The maximum absolute atomic E-state index is 16.3. The van der Waals surface area contributed by atoms with Crippen molar-refractivity contribution in [2.45, 2.75) is 156 Å². The first kappa shape index (κ1) is 78.6. The molecule has 6 aromatic carbocycles. The van der Waals surface area contributed by atoms with Crippen LogP contribution >= 0.6 is 11.6 Å². The first-order valence-corrected chi connectivity index (χ1v) is 34.5. The molecule has 0 aromatic heterocycles. The fourth-order valence-corrected chi connectivity index (χ4v) is 13.8. The number of hydrogen-bond acceptors (Lipinski definition) is 26. The van der Waals surface area contributed by atoms with Gasteiger partial charge < -0.3 is 133 Å². The zero-order chi connectivity index (χ0) is 78.2. The molecular formula is C73H82ClN9O25. The molecule has 2 fully saturated rings. The topological polar surface area (TPSA) is 540 Å². The zero-order valence-electron chi connectivity index (χ0n) is 58.7. The molecule has 0 radical (unpaired) electrons. The van der Waals surface area contributed by atoms with E-state index in [0.29, 0.717) is 5.75 Å². The number of carbonyl (C=O) groups excluding carboxylic acids is 7. The number of carbonyl (C=O) groups is 8. The van der Waals surface area contributed by atoms with Gasteiger partial charge in [0.2, 0.25) is 53.4 Å². The molecule has 21 N–H and O–H groups in total. The van der Waals surface area contributed by atoms with E-state index in [1.807, 2.05) is 13.8 Å². The number of nitrogens with one attached hydrogen (secondary N) is 7. The van der Waals surface area contributed by atoms with Crippen molar-refractivity contribution in [2.24, 2.45) is 17.4 Å². The summed E-state index contributed by atoms with van der Waals surface area (Å²) in [6.07, 6.45) is -18.7. The van der Waals surface area contributed by atoms with Gasteiger partial charge in [-0.1, -0.05) is 55.8 Å². The van der Waals surface area contributed by atoms with E-state index in [1.165, 1.54) is 82.6 Å². The molecule has 0 unspecified atom stereocenters. The number of likely N-dealkylation sites (N-methyl/N-ethyl adjacent to an activating group) is 1. The number of carboxylic acids is 1. The quantitative estimate of drug-likeness (QED) is 0.0685. The van der Waals surface area contributed by atoms with Gasteiger partial charge in [0.25, 0.3) is 0 Å². The number of nitrogens with two attached hydrogens (primary N) is 2. The minimum absolute atomic E-state index is 0.00225. The minimum atomic E-state index is -2.36. The highest BCUT2D eigenvalue weighted by Gasteiger charge is 2.52. The van der Waals surface area contributed by atoms with E-state index in [0.717, 1.165) is 48.5 Å². The number of phenols is 3. The van der Waals surface area contributed by atoms with Gasteiger partial charge in [0.05, 0.1) is 43.4 Å². The number of phenolic OH excluding ortho intramolecular Hbond substituents is 3. The number of benzene rings is 6. The van der Waals surface area contributed by atoms with Crippen LogP contribution < -0.4 is 67.6 Å². The van der Waals surface area contributed by atoms with Crippen LogP contribution in [0.25, 0.3) is 22.3 Å². The number of carboxylic acid groups (broad SMARTS) is 1. The van der Waals surface area contributed by atoms with E-state index in [4.69, 9.17) is 56.2 Å². The fraction of sp³-hybridized carbons (Fsp3) is 0.397. The van der Waals surface area contributed by atoms with Gasteiger partial charge in [0.1, 0.15) is 95.2 Å². The van der Waals surface area contributed by atoms with Crippen LogP contribution in [0.1, 0.15) is 105 Å². The fourth-order valence-electron chi connectivity index (χ4n) is 13.5. The second kappa shape index (κ2) is 32.2. The minimum Gasteiger partial charge on any atom is -0.508 e. The van der Waals surface area contributed by atoms with Crippen molar-refractivity contribution in [3.8, 4) is 74.0 Å². The van der Waals surface area contributed by atoms with Crippen molar-refractivity contribution >= 4 is 58.9 Å². The predicted octanol–water partition coefficient (Wildman–Crippen LogP) is 1.13. The highest BCUT2D eigenvalue weighted by Crippen LogP contribution is 2.50. The number of aliphatic carboxylic acids is 1. The van der Waals surface area contributed by atoms with Crippen LogP contribution in [0.2, 0.25) is 5.02 Å². The van der Waals surface area contributed by atoms with E-state index in [1.54, 1.807) is 0 Å². The summed E-state index contributed by atoms with van der Waals surface area (Å²) >= 11 is 7.16. The molecular weight excluding hydrogens is 1440 g/mol. The average molecular weight is 1520 g/mol. The number of methoxy groups -OCH3 is 1. The summed E-state index contributed by atoms with van der Waals surface area (Å²) in [7, 11) is 2.87. The highest BCUT2D eigenvalue weighted by molar-refractivity contribution is 6.32. The Morgan fingerprint density at radius 3 is 1.96 bits per heavy atom. The first-order chi connectivity index (χ1) is 51.2. The SMILES string of the molecule is CN[C@H](CC(C)C)C(=O)N[C@H]1C(=O)N[C@@H](CC(N)=O)C(=O)N[C@H]2C(=O)N[C@H]3C(=O)N[C@H](C(=O)N[C@H](C(=O)O)c4cc(O)cc(O)c4-c4cc3ccc4O)[C@H](O)c3ccc(c(-c4ccc(OC)cc4)c3)Oc3cc2cc(c3O[C@@H]2O[C@H](CO)[C@@H](O)[C@H](O)[C@H]2O[C@H]2C[C@](C)(N)[C@H](O)[C@H](C)O2)Oc2ccc(cc2Cl)[C@H]1O. The summed E-state index contributed by atoms with van der Waals surface area (Å²) in [5.74, 6) is -15.4. The molecule has 6 aromatic rings. The lowest BCUT2D eigenvalue weighted by Gasteiger charge is -2.47. The van der Waals surface area contributed by atoms with Gasteiger partial charge in [-0.2, -0.15) is 0 Å². The van der Waals surface area contributed by atoms with Crippen molar-refractivity contribution in [1.29, 1.82) is 0 Å². The van der Waals surface area contributed by atoms with Gasteiger partial charge in [-0.25, -0.2) is 4.79 Å². The molecule has 11 bridgehead atoms. The van der Waals surface area contributed by atoms with Crippen molar-refractivity contribution in [2.75, 3.05) is 20.8 Å². The molecule has 18 atom stereocenters. The van der Waals surface area contributed by atoms with Gasteiger partial charge in [-0.15, -0.1) is 0 Å². The maximum atomic E-state index is 16.3. The summed E-state index contributed by atoms with van der Waals surface area (Å²) < 4.78 is 44.7. The van der Waals surface area contributed by atoms with Gasteiger partial charge in [0.15, 0.2) is 29.9 Å². The number of primary amides is 1. The first-order valence-electron chi connectivity index (χ1n) is 34.1. The number of rotatable bonds is 15. The Morgan fingerprint density at radius 1 is 0.704 bits per heavy atom. The van der Waals surface area contributed by atoms with Gasteiger partial charge in [-0.3, -0.25) is 33.6 Å². The number of aromatic hydroxyl groups is 3. The molecule has 34 nitrogen and oxygen atoms in total. The second-order valence-corrected chi connectivity index (χ2v) is 27.9. The van der Waals surface area contributed by atoms with Crippen molar-refractivity contribution in [3.63, 3.8) is 0 Å². The lowest BCUT2D eigenvalue weighted by Crippen LogP contribution is -2.64. The number of hydrogen-bond donors (Lipinski definition) is 19. The van der Waals surface area contributed by atoms with Crippen LogP contribution in [-0.4, -0.2) is 198 Å². The van der Waals surface area contributed by atoms with E-state index in [9.17, 15) is 70.2 Å². The largest absolute Gasteiger partial charge is 0.508 e. The Morgan fingerprint density at radius 2 is 1.33 bits per heavy atom. The number of aliphatic hydroxyl groups excluding tert-OH is 6. The third kappa shape index (κ3) is 16.5. The zero-order valence-corrected chi connectivity index (χ0v) is 59.4. The van der Waals surface area contributed by atoms with Gasteiger partial charge in [0, 0.05) is 40.3 Å². The van der Waals surface area contributed by atoms with Crippen LogP contribution in [0.4, 0.5) is 0 Å². The third-order valence-electron chi connectivity index (χ3n) is 19.2. The Hall–Kier alpha value is -10.5. The van der Waals surface area contributed by atoms with E-state index in [2.05, 4.69) is 37.2 Å². The lowest BCUT2D eigenvalue weighted by molar-refractivity contribution is -0.333. The molecule has 108 heavy (non-hydrogen) atoms. The van der Waals surface area contributed by atoms with Gasteiger partial charge >= 0.3 is 5.97 Å². The molecule has 7 amide bonds. The molecule has 7 aliphatic heterocycles. The average Bonchev–Trinajstić information content (AvgIpc) is 0.769. The number of amides is 7. The predicted molar refractivity (Wildman–Crippen MR) is 376 cm³/mol. The molecule has 35 heteroatoms. The molecule has 0 saturated carbocycles. The van der Waals surface area contributed by atoms with Crippen LogP contribution in [0, 0.1) is 5.92 Å². The monoisotopic (exact) mass is 1520 g/mol. The maximum Gasteiger partial charge on any atom is 0.330 e. The standard InChI is InChI=1S/C73H82ClN9O25/c1-28(2)17-41(77-5)65(94)82-56-59(90)33-11-16-46(40(74)20-33)105-48-22-34-21-47(62(48)108-72-63(61(92)60(91)49(27-84)106-72)107-51-26-73(4,76)64(93)29(3)103-51)104-45-15-10-32(19-37(45)30-7-12-36(102-6)13-8-30)58(89)57-70(99)81-55(71(100)101)39-23-35(85)24-44(87)52(39)38-18-31(9-14-43(38)86)53(67(96)83-57)80-68(97)54(34)79-66(95)42(25-50(75)88)78-69(56)98/h7-16,18-24,28-29,41-42,49,51,53-61,63-64,72,77,84-87,89-93H,17,25-27,76H2,1-6H3,(H2,75,88)(H,78,98)(H,79,95)(H,80,97)(H,81,99)(H,82,94)(H,83,96)(H,100,101)/t29-,41+,42-,49+,51-,53+,54+,55-,56+,57-,58+,59+,60+,61-,63+,64+,72-,73-/m0/s1. The Balaban J connectivity index is 1.21. The second-order valence-electron chi connectivity index (χ2n) is 27.5. The van der Waals surface area contributed by atoms with E-state index >= 15 is 19.2 Å². The summed E-state index contributed by atoms with van der Waals surface area (Å²) in [6, 6.07) is 6.06. The molecule has 0 aliphatic carbocycles. The third-order valence-corrected chi connectivity index (χ3v) is 19.5. The molecule has 576 valence electrons. The normalized spacial score (nSPS) is 28.2. The Labute approximate surface area is 620 Å². The van der Waals surface area contributed by atoms with Crippen LogP contribution in [-0.2, 0) is 52.6 Å². The molecule has 0 spiro atoms. The smallest absolute Gasteiger partial charge is 0.330 e. The Bertz CT molecular complexity index is 4470. The van der Waals surface area contributed by atoms with Gasteiger partial charge in [-0.05, 0) is 128 Å². The van der Waals surface area contributed by atoms with Crippen LogP contribution in [0.15, 0.2) is 103 Å². The summed E-state index contributed by atoms with van der Waals surface area (Å²) in [6.45, 7) is 5.68. The number of aliphatic hydroxyl groups is 6. The summed E-state index contributed by atoms with van der Waals surface area (Å²) in [5, 5.41) is 133. The molecule has 13 rings (SSSR count). The van der Waals surface area contributed by atoms with Crippen LogP contribution in [0.5, 0.6) is 51.7 Å². The van der Waals surface area contributed by atoms with E-state index in [-0.39, 0.29) is 63.1 Å². The van der Waals surface area contributed by atoms with Crippen LogP contribution in [0.3, 0.4) is 0 Å². The van der Waals surface area contributed by atoms with E-state index < -0.39 is 226 Å². The van der Waals surface area contributed by atoms with Crippen molar-refractivity contribution in [3.05, 3.63) is 136 Å². The Kier molecular flexibility index (Phi) is 23.4. The lowest BCUT2D eigenvalue weighted by atomic mass is 9.86. The van der Waals surface area contributed by atoms with Crippen molar-refractivity contribution < 1.29 is 123 Å². The van der Waals surface area contributed by atoms with Crippen molar-refractivity contribution in [1.82, 2.24) is 37.2 Å².